The van der Waals surface area contributed by atoms with E-state index in [0.29, 0.717) is 18.8 Å². The van der Waals surface area contributed by atoms with Gasteiger partial charge in [-0.05, 0) is 43.2 Å². The van der Waals surface area contributed by atoms with E-state index in [2.05, 4.69) is 40.5 Å². The molecule has 4 aromatic rings. The predicted molar refractivity (Wildman–Crippen MR) is 110 cm³/mol. The minimum absolute atomic E-state index is 0.172. The van der Waals surface area contributed by atoms with Crippen LogP contribution in [0.1, 0.15) is 33.0 Å². The smallest absolute Gasteiger partial charge is 0.270 e. The van der Waals surface area contributed by atoms with Crippen molar-refractivity contribution in [3.8, 4) is 0 Å². The van der Waals surface area contributed by atoms with Gasteiger partial charge in [-0.1, -0.05) is 48.5 Å². The third kappa shape index (κ3) is 3.93. The van der Waals surface area contributed by atoms with Gasteiger partial charge in [0.1, 0.15) is 5.69 Å². The number of aromatic nitrogens is 3. The fourth-order valence-electron chi connectivity index (χ4n) is 3.31. The Hall–Kier alpha value is -3.47. The third-order valence-electron chi connectivity index (χ3n) is 4.71. The summed E-state index contributed by atoms with van der Waals surface area (Å²) in [5.41, 5.74) is 5.61. The Morgan fingerprint density at radius 1 is 0.964 bits per heavy atom. The van der Waals surface area contributed by atoms with Crippen molar-refractivity contribution in [2.45, 2.75) is 26.9 Å². The summed E-state index contributed by atoms with van der Waals surface area (Å²) in [6, 6.07) is 21.7. The molecule has 0 atom stereocenters. The van der Waals surface area contributed by atoms with Gasteiger partial charge in [-0.25, -0.2) is 4.98 Å². The summed E-state index contributed by atoms with van der Waals surface area (Å²) in [5.74, 6) is -0.172. The van der Waals surface area contributed by atoms with Gasteiger partial charge in [0, 0.05) is 17.6 Å². The van der Waals surface area contributed by atoms with E-state index < -0.39 is 0 Å². The number of amides is 1. The molecule has 1 amide bonds. The summed E-state index contributed by atoms with van der Waals surface area (Å²) in [6.45, 7) is 5.23. The molecule has 0 bridgehead atoms. The van der Waals surface area contributed by atoms with E-state index in [1.54, 1.807) is 6.07 Å². The summed E-state index contributed by atoms with van der Waals surface area (Å²) >= 11 is 0. The first-order valence-electron chi connectivity index (χ1n) is 9.31. The summed E-state index contributed by atoms with van der Waals surface area (Å²) in [4.78, 5) is 16.9. The Balaban J connectivity index is 1.44. The van der Waals surface area contributed by atoms with Crippen LogP contribution in [0, 0.1) is 13.8 Å². The molecule has 5 nitrogen and oxygen atoms in total. The molecule has 0 saturated carbocycles. The minimum atomic E-state index is -0.172. The first-order valence-corrected chi connectivity index (χ1v) is 9.31. The van der Waals surface area contributed by atoms with Crippen LogP contribution in [-0.4, -0.2) is 20.7 Å². The summed E-state index contributed by atoms with van der Waals surface area (Å²) in [7, 11) is 0. The lowest BCUT2D eigenvalue weighted by Crippen LogP contribution is -2.23. The number of hydrogen-bond acceptors (Lipinski definition) is 3. The number of nitrogens with zero attached hydrogens (tertiary/aromatic N) is 3. The topological polar surface area (TPSA) is 59.8 Å². The average Bonchev–Trinajstić information content (AvgIpc) is 3.02. The van der Waals surface area contributed by atoms with Crippen molar-refractivity contribution >= 4 is 16.8 Å². The van der Waals surface area contributed by atoms with Crippen molar-refractivity contribution in [2.24, 2.45) is 0 Å². The average molecular weight is 370 g/mol. The third-order valence-corrected chi connectivity index (χ3v) is 4.71. The first-order chi connectivity index (χ1) is 13.6. The highest BCUT2D eigenvalue weighted by molar-refractivity contribution is 5.94. The lowest BCUT2D eigenvalue weighted by molar-refractivity contribution is 0.0946. The van der Waals surface area contributed by atoms with E-state index >= 15 is 0 Å². The fraction of sp³-hybridized carbons (Fsp3) is 0.174. The second-order valence-corrected chi connectivity index (χ2v) is 6.98. The van der Waals surface area contributed by atoms with Crippen molar-refractivity contribution in [1.29, 1.82) is 0 Å². The van der Waals surface area contributed by atoms with Crippen LogP contribution in [0.4, 0.5) is 0 Å². The maximum absolute atomic E-state index is 12.5. The number of fused-ring (bicyclic) bond motifs is 1. The van der Waals surface area contributed by atoms with Crippen LogP contribution in [0.25, 0.3) is 10.9 Å². The maximum Gasteiger partial charge on any atom is 0.270 e. The van der Waals surface area contributed by atoms with Crippen LogP contribution in [-0.2, 0) is 13.1 Å². The predicted octanol–water partition coefficient (Wildman–Crippen LogP) is 4.03. The maximum atomic E-state index is 12.5. The Kier molecular flexibility index (Phi) is 4.89. The lowest BCUT2D eigenvalue weighted by atomic mass is 10.1. The van der Waals surface area contributed by atoms with Gasteiger partial charge in [0.2, 0.25) is 0 Å². The Labute approximate surface area is 164 Å². The first kappa shape index (κ1) is 17.9. The molecular weight excluding hydrogens is 348 g/mol. The molecule has 2 aromatic carbocycles. The number of carbonyl (C=O) groups excluding carboxylic acids is 1. The van der Waals surface area contributed by atoms with Crippen LogP contribution in [0.15, 0.2) is 66.7 Å². The molecule has 5 heteroatoms. The van der Waals surface area contributed by atoms with Gasteiger partial charge >= 0.3 is 0 Å². The molecule has 0 spiro atoms. The van der Waals surface area contributed by atoms with Crippen LogP contribution in [0.5, 0.6) is 0 Å². The summed E-state index contributed by atoms with van der Waals surface area (Å²) in [6.07, 6.45) is 0. The van der Waals surface area contributed by atoms with Crippen LogP contribution in [0.2, 0.25) is 0 Å². The van der Waals surface area contributed by atoms with E-state index in [0.717, 1.165) is 33.4 Å². The van der Waals surface area contributed by atoms with Gasteiger partial charge in [-0.3, -0.25) is 9.48 Å². The zero-order valence-corrected chi connectivity index (χ0v) is 16.0. The lowest BCUT2D eigenvalue weighted by Gasteiger charge is -2.09. The van der Waals surface area contributed by atoms with Gasteiger partial charge in [0.05, 0.1) is 17.8 Å². The van der Waals surface area contributed by atoms with E-state index in [4.69, 9.17) is 0 Å². The number of nitrogens with one attached hydrogen (secondary N) is 1. The van der Waals surface area contributed by atoms with Crippen LogP contribution in [0.3, 0.4) is 0 Å². The molecule has 0 radical (unpaired) electrons. The number of para-hydroxylation sites is 1. The quantitative estimate of drug-likeness (QED) is 0.577. The molecule has 0 aliphatic heterocycles. The standard InChI is InChI=1S/C23H22N4O/c1-16-12-17(2)27(26-16)15-19-7-5-6-18(13-19)14-24-23(28)22-11-10-20-8-3-4-9-21(20)25-22/h3-13H,14-15H2,1-2H3,(H,24,28). The Bertz CT molecular complexity index is 1150. The fourth-order valence-corrected chi connectivity index (χ4v) is 3.31. The molecule has 0 aliphatic rings. The van der Waals surface area contributed by atoms with Crippen molar-refractivity contribution < 1.29 is 4.79 Å². The zero-order valence-electron chi connectivity index (χ0n) is 16.0. The second-order valence-electron chi connectivity index (χ2n) is 6.98. The minimum Gasteiger partial charge on any atom is -0.347 e. The molecule has 0 saturated heterocycles. The number of pyridine rings is 1. The van der Waals surface area contributed by atoms with E-state index in [9.17, 15) is 4.79 Å². The van der Waals surface area contributed by atoms with E-state index in [1.807, 2.05) is 54.1 Å². The monoisotopic (exact) mass is 370 g/mol. The van der Waals surface area contributed by atoms with Crippen LogP contribution < -0.4 is 5.32 Å². The number of carbonyl (C=O) groups is 1. The van der Waals surface area contributed by atoms with Crippen molar-refractivity contribution in [3.05, 3.63) is 94.9 Å². The van der Waals surface area contributed by atoms with E-state index in [1.165, 1.54) is 0 Å². The molecule has 0 fully saturated rings. The van der Waals surface area contributed by atoms with Gasteiger partial charge in [-0.2, -0.15) is 5.10 Å². The molecule has 2 heterocycles. The van der Waals surface area contributed by atoms with Gasteiger partial charge in [0.15, 0.2) is 0 Å². The molecule has 28 heavy (non-hydrogen) atoms. The van der Waals surface area contributed by atoms with Gasteiger partial charge < -0.3 is 5.32 Å². The second kappa shape index (κ2) is 7.64. The molecule has 1 N–H and O–H groups in total. The number of rotatable bonds is 5. The molecule has 4 rings (SSSR count). The number of hydrogen-bond donors (Lipinski definition) is 1. The highest BCUT2D eigenvalue weighted by atomic mass is 16.1. The summed E-state index contributed by atoms with van der Waals surface area (Å²) < 4.78 is 1.99. The van der Waals surface area contributed by atoms with Crippen molar-refractivity contribution in [3.63, 3.8) is 0 Å². The zero-order chi connectivity index (χ0) is 19.5. The highest BCUT2D eigenvalue weighted by Crippen LogP contribution is 2.13. The van der Waals surface area contributed by atoms with Crippen molar-refractivity contribution in [2.75, 3.05) is 0 Å². The van der Waals surface area contributed by atoms with Crippen LogP contribution >= 0.6 is 0 Å². The summed E-state index contributed by atoms with van der Waals surface area (Å²) in [5, 5.41) is 8.50. The Morgan fingerprint density at radius 3 is 2.61 bits per heavy atom. The van der Waals surface area contributed by atoms with Gasteiger partial charge in [0.25, 0.3) is 5.91 Å². The Morgan fingerprint density at radius 2 is 1.79 bits per heavy atom. The van der Waals surface area contributed by atoms with Crippen molar-refractivity contribution in [1.82, 2.24) is 20.1 Å². The molecule has 140 valence electrons. The molecular formula is C23H22N4O. The normalized spacial score (nSPS) is 10.9. The van der Waals surface area contributed by atoms with E-state index in [-0.39, 0.29) is 5.91 Å². The number of benzene rings is 2. The molecule has 0 unspecified atom stereocenters. The number of aryl methyl sites for hydroxylation is 2. The largest absolute Gasteiger partial charge is 0.347 e. The molecule has 0 aliphatic carbocycles. The SMILES string of the molecule is Cc1cc(C)n(Cc2cccc(CNC(=O)c3ccc4ccccc4n3)c2)n1. The highest BCUT2D eigenvalue weighted by Gasteiger charge is 2.08. The molecule has 2 aromatic heterocycles. The van der Waals surface area contributed by atoms with Gasteiger partial charge in [-0.15, -0.1) is 0 Å².